The first-order chi connectivity index (χ1) is 21.3. The maximum absolute atomic E-state index is 13.5. The minimum absolute atomic E-state index is 0.0720. The SMILES string of the molecule is COCC1CC(S(=O)(=O)CC2CCCCC2)CN1Cc1ccc(C(=O)NC(CCS(C)(=O)=O)C(=O)O)c(-c2ccccc2C)c1. The van der Waals surface area contributed by atoms with Crippen molar-refractivity contribution in [2.24, 2.45) is 5.92 Å². The Morgan fingerprint density at radius 2 is 1.76 bits per heavy atom. The average molecular weight is 663 g/mol. The van der Waals surface area contributed by atoms with E-state index in [0.29, 0.717) is 31.7 Å². The molecule has 0 aromatic heterocycles. The second-order valence-corrected chi connectivity index (χ2v) is 17.3. The van der Waals surface area contributed by atoms with E-state index in [0.717, 1.165) is 48.6 Å². The number of amides is 1. The number of carbonyl (C=O) groups excluding carboxylic acids is 1. The number of likely N-dealkylation sites (tertiary alicyclic amines) is 1. The van der Waals surface area contributed by atoms with Crippen LogP contribution >= 0.6 is 0 Å². The molecule has 12 heteroatoms. The molecule has 2 aliphatic rings. The van der Waals surface area contributed by atoms with Gasteiger partial charge in [0.15, 0.2) is 9.84 Å². The number of aryl methyl sites for hydroxylation is 1. The molecule has 1 amide bonds. The van der Waals surface area contributed by atoms with Crippen LogP contribution in [0.3, 0.4) is 0 Å². The summed E-state index contributed by atoms with van der Waals surface area (Å²) in [5.41, 5.74) is 3.47. The second kappa shape index (κ2) is 15.2. The number of hydrogen-bond acceptors (Lipinski definition) is 8. The van der Waals surface area contributed by atoms with Gasteiger partial charge in [0.1, 0.15) is 15.9 Å². The Hall–Kier alpha value is -2.80. The number of methoxy groups -OCH3 is 1. The van der Waals surface area contributed by atoms with Gasteiger partial charge in [-0.1, -0.05) is 49.6 Å². The first kappa shape index (κ1) is 35.1. The van der Waals surface area contributed by atoms with Gasteiger partial charge in [0, 0.05) is 38.1 Å². The van der Waals surface area contributed by atoms with Crippen molar-refractivity contribution >= 4 is 31.6 Å². The maximum atomic E-state index is 13.5. The number of hydrogen-bond donors (Lipinski definition) is 2. The van der Waals surface area contributed by atoms with Crippen molar-refractivity contribution in [3.8, 4) is 11.1 Å². The van der Waals surface area contributed by atoms with Gasteiger partial charge in [-0.2, -0.15) is 0 Å². The smallest absolute Gasteiger partial charge is 0.326 e. The normalized spacial score (nSPS) is 20.6. The summed E-state index contributed by atoms with van der Waals surface area (Å²) in [4.78, 5) is 27.5. The summed E-state index contributed by atoms with van der Waals surface area (Å²) in [5.74, 6) is -1.82. The summed E-state index contributed by atoms with van der Waals surface area (Å²) in [5, 5.41) is 11.7. The van der Waals surface area contributed by atoms with E-state index in [4.69, 9.17) is 4.74 Å². The first-order valence-electron chi connectivity index (χ1n) is 15.6. The number of sulfone groups is 2. The molecule has 0 radical (unpaired) electrons. The molecule has 45 heavy (non-hydrogen) atoms. The number of aliphatic carboxylic acids is 1. The van der Waals surface area contributed by atoms with Crippen molar-refractivity contribution in [1.82, 2.24) is 10.2 Å². The van der Waals surface area contributed by atoms with Crippen molar-refractivity contribution in [2.75, 3.05) is 38.0 Å². The fourth-order valence-electron chi connectivity index (χ4n) is 6.62. The zero-order chi connectivity index (χ0) is 32.8. The van der Waals surface area contributed by atoms with Crippen molar-refractivity contribution < 1.29 is 36.3 Å². The molecule has 0 bridgehead atoms. The molecule has 1 saturated carbocycles. The van der Waals surface area contributed by atoms with Crippen molar-refractivity contribution in [3.05, 3.63) is 59.2 Å². The van der Waals surface area contributed by atoms with Crippen LogP contribution in [-0.2, 0) is 35.8 Å². The highest BCUT2D eigenvalue weighted by atomic mass is 32.2. The summed E-state index contributed by atoms with van der Waals surface area (Å²) in [6.45, 7) is 3.19. The quantitative estimate of drug-likeness (QED) is 0.308. The molecule has 2 aromatic carbocycles. The summed E-state index contributed by atoms with van der Waals surface area (Å²) in [7, 11) is -5.08. The van der Waals surface area contributed by atoms with Crippen LogP contribution in [0.1, 0.15) is 66.4 Å². The maximum Gasteiger partial charge on any atom is 0.326 e. The minimum Gasteiger partial charge on any atom is -0.480 e. The van der Waals surface area contributed by atoms with E-state index in [1.807, 2.05) is 37.3 Å². The van der Waals surface area contributed by atoms with Gasteiger partial charge in [-0.05, 0) is 72.9 Å². The van der Waals surface area contributed by atoms with Crippen LogP contribution in [0, 0.1) is 12.8 Å². The first-order valence-corrected chi connectivity index (χ1v) is 19.4. The molecule has 2 fully saturated rings. The Labute approximate surface area is 267 Å². The number of ether oxygens (including phenoxy) is 1. The lowest BCUT2D eigenvalue weighted by Gasteiger charge is -2.25. The zero-order valence-electron chi connectivity index (χ0n) is 26.4. The molecule has 1 heterocycles. The largest absolute Gasteiger partial charge is 0.480 e. The number of carboxylic acid groups (broad SMARTS) is 1. The van der Waals surface area contributed by atoms with Crippen LogP contribution in [0.4, 0.5) is 0 Å². The number of carbonyl (C=O) groups is 2. The summed E-state index contributed by atoms with van der Waals surface area (Å²) in [6.07, 6.45) is 6.60. The lowest BCUT2D eigenvalue weighted by Crippen LogP contribution is -2.42. The van der Waals surface area contributed by atoms with Gasteiger partial charge in [-0.25, -0.2) is 21.6 Å². The minimum atomic E-state index is -3.42. The van der Waals surface area contributed by atoms with Gasteiger partial charge in [0.25, 0.3) is 5.91 Å². The van der Waals surface area contributed by atoms with Crippen LogP contribution in [0.2, 0.25) is 0 Å². The highest BCUT2D eigenvalue weighted by molar-refractivity contribution is 7.92. The molecule has 248 valence electrons. The number of benzene rings is 2. The van der Waals surface area contributed by atoms with Gasteiger partial charge in [-0.3, -0.25) is 9.69 Å². The van der Waals surface area contributed by atoms with Crippen molar-refractivity contribution in [3.63, 3.8) is 0 Å². The third-order valence-electron chi connectivity index (χ3n) is 9.08. The Balaban J connectivity index is 1.59. The molecule has 2 aromatic rings. The van der Waals surface area contributed by atoms with Crippen molar-refractivity contribution in [2.45, 2.75) is 75.7 Å². The highest BCUT2D eigenvalue weighted by Crippen LogP contribution is 2.33. The van der Waals surface area contributed by atoms with Gasteiger partial charge >= 0.3 is 5.97 Å². The van der Waals surface area contributed by atoms with E-state index in [2.05, 4.69) is 10.2 Å². The third-order valence-corrected chi connectivity index (χ3v) is 12.3. The van der Waals surface area contributed by atoms with Crippen LogP contribution < -0.4 is 5.32 Å². The monoisotopic (exact) mass is 662 g/mol. The van der Waals surface area contributed by atoms with Gasteiger partial charge in [0.2, 0.25) is 0 Å². The molecule has 2 N–H and O–H groups in total. The van der Waals surface area contributed by atoms with E-state index >= 15 is 0 Å². The standard InChI is InChI=1S/C33H46N2O8S2/c1-23-9-7-8-12-28(23)30-17-25(13-14-29(30)32(36)34-31(33(37)38)15-16-44(3,39)40)19-35-20-27(18-26(35)21-43-2)45(41,42)22-24-10-5-4-6-11-24/h7-9,12-14,17,24,26-27,31H,4-6,10-11,15-16,18-22H2,1-3H3,(H,34,36)(H,37,38). The van der Waals surface area contributed by atoms with Crippen LogP contribution in [0.5, 0.6) is 0 Å². The predicted molar refractivity (Wildman–Crippen MR) is 175 cm³/mol. The lowest BCUT2D eigenvalue weighted by molar-refractivity contribution is -0.139. The summed E-state index contributed by atoms with van der Waals surface area (Å²) in [6, 6.07) is 11.5. The van der Waals surface area contributed by atoms with E-state index < -0.39 is 42.8 Å². The Morgan fingerprint density at radius 3 is 2.40 bits per heavy atom. The molecule has 1 saturated heterocycles. The molecule has 1 aliphatic carbocycles. The second-order valence-electron chi connectivity index (χ2n) is 12.7. The molecular weight excluding hydrogens is 617 g/mol. The molecule has 1 aliphatic heterocycles. The Bertz CT molecular complexity index is 1570. The molecule has 4 rings (SSSR count). The molecule has 3 unspecified atom stereocenters. The number of carboxylic acids is 1. The van der Waals surface area contributed by atoms with Gasteiger partial charge in [-0.15, -0.1) is 0 Å². The zero-order valence-corrected chi connectivity index (χ0v) is 28.0. The van der Waals surface area contributed by atoms with Gasteiger partial charge < -0.3 is 15.2 Å². The van der Waals surface area contributed by atoms with E-state index in [9.17, 15) is 31.5 Å². The Kier molecular flexibility index (Phi) is 11.8. The summed E-state index contributed by atoms with van der Waals surface area (Å²) < 4.78 is 55.8. The van der Waals surface area contributed by atoms with Crippen molar-refractivity contribution in [1.29, 1.82) is 0 Å². The fourth-order valence-corrected chi connectivity index (χ4v) is 9.48. The fraction of sp³-hybridized carbons (Fsp3) is 0.576. The van der Waals surface area contributed by atoms with Crippen LogP contribution in [0.15, 0.2) is 42.5 Å². The van der Waals surface area contributed by atoms with E-state index in [-0.39, 0.29) is 35.4 Å². The van der Waals surface area contributed by atoms with Crippen LogP contribution in [-0.4, -0.2) is 94.1 Å². The summed E-state index contributed by atoms with van der Waals surface area (Å²) >= 11 is 0. The third kappa shape index (κ3) is 9.60. The highest BCUT2D eigenvalue weighted by Gasteiger charge is 2.40. The average Bonchev–Trinajstić information content (AvgIpc) is 3.38. The molecule has 3 atom stereocenters. The topological polar surface area (TPSA) is 147 Å². The lowest BCUT2D eigenvalue weighted by atomic mass is 9.91. The molecule has 10 nitrogen and oxygen atoms in total. The number of rotatable bonds is 14. The van der Waals surface area contributed by atoms with Crippen LogP contribution in [0.25, 0.3) is 11.1 Å². The van der Waals surface area contributed by atoms with Gasteiger partial charge in [0.05, 0.1) is 23.4 Å². The molecule has 0 spiro atoms. The number of nitrogens with zero attached hydrogens (tertiary/aromatic N) is 1. The van der Waals surface area contributed by atoms with E-state index in [1.54, 1.807) is 19.2 Å². The van der Waals surface area contributed by atoms with E-state index in [1.165, 1.54) is 6.42 Å². The predicted octanol–water partition coefficient (Wildman–Crippen LogP) is 3.86. The number of nitrogens with one attached hydrogen (secondary N) is 1. The molecular formula is C33H46N2O8S2. The Morgan fingerprint density at radius 1 is 1.04 bits per heavy atom.